The molecule has 1 fully saturated rings. The SMILES string of the molecule is COc1c([N+](=O)[O-])cc(C2CC2)c2cc(C)cnc12. The summed E-state index contributed by atoms with van der Waals surface area (Å²) >= 11 is 0. The minimum atomic E-state index is -0.397. The molecule has 0 amide bonds. The zero-order valence-corrected chi connectivity index (χ0v) is 10.8. The van der Waals surface area contributed by atoms with E-state index in [9.17, 15) is 10.1 Å². The fourth-order valence-corrected chi connectivity index (χ4v) is 2.45. The Balaban J connectivity index is 2.39. The second kappa shape index (κ2) is 4.19. The third kappa shape index (κ3) is 1.91. The molecule has 0 spiro atoms. The van der Waals surface area contributed by atoms with E-state index in [1.54, 1.807) is 12.3 Å². The molecule has 0 saturated heterocycles. The fraction of sp³-hybridized carbons (Fsp3) is 0.357. The van der Waals surface area contributed by atoms with Crippen molar-refractivity contribution in [2.45, 2.75) is 25.7 Å². The van der Waals surface area contributed by atoms with Gasteiger partial charge in [-0.25, -0.2) is 0 Å². The zero-order chi connectivity index (χ0) is 13.6. The van der Waals surface area contributed by atoms with Crippen LogP contribution in [-0.4, -0.2) is 17.0 Å². The highest BCUT2D eigenvalue weighted by Crippen LogP contribution is 2.47. The third-order valence-electron chi connectivity index (χ3n) is 3.49. The van der Waals surface area contributed by atoms with Crippen molar-refractivity contribution < 1.29 is 9.66 Å². The van der Waals surface area contributed by atoms with E-state index in [1.165, 1.54) is 7.11 Å². The van der Waals surface area contributed by atoms with Crippen LogP contribution < -0.4 is 4.74 Å². The molecule has 0 atom stereocenters. The van der Waals surface area contributed by atoms with Crippen LogP contribution in [0.4, 0.5) is 5.69 Å². The normalized spacial score (nSPS) is 14.6. The highest BCUT2D eigenvalue weighted by Gasteiger charge is 2.30. The number of benzene rings is 1. The smallest absolute Gasteiger partial charge is 0.313 e. The van der Waals surface area contributed by atoms with E-state index in [2.05, 4.69) is 4.98 Å². The van der Waals surface area contributed by atoms with Gasteiger partial charge in [0.25, 0.3) is 0 Å². The van der Waals surface area contributed by atoms with Crippen LogP contribution in [0.3, 0.4) is 0 Å². The average molecular weight is 258 g/mol. The van der Waals surface area contributed by atoms with Crippen LogP contribution in [0.1, 0.15) is 29.9 Å². The Morgan fingerprint density at radius 1 is 1.42 bits per heavy atom. The van der Waals surface area contributed by atoms with E-state index in [0.29, 0.717) is 11.4 Å². The summed E-state index contributed by atoms with van der Waals surface area (Å²) < 4.78 is 5.21. The standard InChI is InChI=1S/C14H14N2O3/c1-8-5-11-10(9-3-4-9)6-12(16(17)18)14(19-2)13(11)15-7-8/h5-7,9H,3-4H2,1-2H3. The van der Waals surface area contributed by atoms with Crippen LogP contribution >= 0.6 is 0 Å². The zero-order valence-electron chi connectivity index (χ0n) is 10.8. The van der Waals surface area contributed by atoms with Crippen molar-refractivity contribution >= 4 is 16.6 Å². The summed E-state index contributed by atoms with van der Waals surface area (Å²) in [6.07, 6.45) is 3.89. The molecular formula is C14H14N2O3. The van der Waals surface area contributed by atoms with Gasteiger partial charge in [-0.1, -0.05) is 0 Å². The molecule has 0 bridgehead atoms. The minimum absolute atomic E-state index is 0.00764. The van der Waals surface area contributed by atoms with E-state index in [4.69, 9.17) is 4.74 Å². The molecule has 1 saturated carbocycles. The second-order valence-electron chi connectivity index (χ2n) is 4.96. The van der Waals surface area contributed by atoms with E-state index in [0.717, 1.165) is 29.4 Å². The number of rotatable bonds is 3. The number of aromatic nitrogens is 1. The van der Waals surface area contributed by atoms with Gasteiger partial charge in [-0.2, -0.15) is 0 Å². The van der Waals surface area contributed by atoms with Gasteiger partial charge in [-0.15, -0.1) is 0 Å². The van der Waals surface area contributed by atoms with Crippen molar-refractivity contribution in [3.63, 3.8) is 0 Å². The van der Waals surface area contributed by atoms with Crippen LogP contribution in [-0.2, 0) is 0 Å². The molecule has 0 aliphatic heterocycles. The van der Waals surface area contributed by atoms with Gasteiger partial charge < -0.3 is 4.74 Å². The maximum absolute atomic E-state index is 11.2. The Morgan fingerprint density at radius 3 is 2.74 bits per heavy atom. The summed E-state index contributed by atoms with van der Waals surface area (Å²) in [7, 11) is 1.44. The first-order valence-electron chi connectivity index (χ1n) is 6.23. The van der Waals surface area contributed by atoms with E-state index in [-0.39, 0.29) is 11.4 Å². The first kappa shape index (κ1) is 11.9. The number of nitro benzene ring substituents is 1. The van der Waals surface area contributed by atoms with Gasteiger partial charge in [0.1, 0.15) is 5.52 Å². The van der Waals surface area contributed by atoms with E-state index >= 15 is 0 Å². The Morgan fingerprint density at radius 2 is 2.16 bits per heavy atom. The summed E-state index contributed by atoms with van der Waals surface area (Å²) in [6.45, 7) is 1.97. The van der Waals surface area contributed by atoms with Crippen molar-refractivity contribution in [1.29, 1.82) is 0 Å². The molecule has 5 nitrogen and oxygen atoms in total. The fourth-order valence-electron chi connectivity index (χ4n) is 2.45. The lowest BCUT2D eigenvalue weighted by Gasteiger charge is -2.10. The molecule has 98 valence electrons. The molecule has 5 heteroatoms. The summed E-state index contributed by atoms with van der Waals surface area (Å²) in [6, 6.07) is 3.68. The van der Waals surface area contributed by atoms with Gasteiger partial charge in [0.05, 0.1) is 12.0 Å². The number of hydrogen-bond donors (Lipinski definition) is 0. The number of nitro groups is 1. The summed E-state index contributed by atoms with van der Waals surface area (Å²) in [5, 5.41) is 12.2. The number of pyridine rings is 1. The lowest BCUT2D eigenvalue weighted by molar-refractivity contribution is -0.385. The highest BCUT2D eigenvalue weighted by molar-refractivity contribution is 5.92. The van der Waals surface area contributed by atoms with Crippen molar-refractivity contribution in [1.82, 2.24) is 4.98 Å². The molecule has 19 heavy (non-hydrogen) atoms. The molecule has 1 aromatic carbocycles. The van der Waals surface area contributed by atoms with Gasteiger partial charge in [-0.05, 0) is 42.9 Å². The van der Waals surface area contributed by atoms with Crippen molar-refractivity contribution in [3.05, 3.63) is 39.6 Å². The topological polar surface area (TPSA) is 65.3 Å². The Hall–Kier alpha value is -2.17. The lowest BCUT2D eigenvalue weighted by Crippen LogP contribution is -1.99. The Labute approximate surface area is 110 Å². The minimum Gasteiger partial charge on any atom is -0.489 e. The largest absolute Gasteiger partial charge is 0.489 e. The van der Waals surface area contributed by atoms with Gasteiger partial charge in [0.15, 0.2) is 0 Å². The number of ether oxygens (including phenoxy) is 1. The molecule has 1 heterocycles. The Bertz CT molecular complexity index is 678. The molecule has 3 rings (SSSR count). The number of methoxy groups -OCH3 is 1. The lowest BCUT2D eigenvalue weighted by atomic mass is 10.0. The number of nitrogens with zero attached hydrogens (tertiary/aromatic N) is 2. The van der Waals surface area contributed by atoms with E-state index < -0.39 is 4.92 Å². The number of hydrogen-bond acceptors (Lipinski definition) is 4. The maximum atomic E-state index is 11.2. The second-order valence-corrected chi connectivity index (χ2v) is 4.96. The van der Waals surface area contributed by atoms with Crippen LogP contribution in [0.15, 0.2) is 18.3 Å². The summed E-state index contributed by atoms with van der Waals surface area (Å²) in [5.41, 5.74) is 2.67. The molecular weight excluding hydrogens is 244 g/mol. The third-order valence-corrected chi connectivity index (χ3v) is 3.49. The highest BCUT2D eigenvalue weighted by atomic mass is 16.6. The quantitative estimate of drug-likeness (QED) is 0.625. The first-order chi connectivity index (χ1) is 9.11. The van der Waals surface area contributed by atoms with Crippen molar-refractivity contribution in [2.24, 2.45) is 0 Å². The van der Waals surface area contributed by atoms with Gasteiger partial charge in [-0.3, -0.25) is 15.1 Å². The van der Waals surface area contributed by atoms with Crippen LogP contribution in [0, 0.1) is 17.0 Å². The molecule has 1 aliphatic rings. The predicted octanol–water partition coefficient (Wildman–Crippen LogP) is 3.34. The van der Waals surface area contributed by atoms with Crippen molar-refractivity contribution in [3.8, 4) is 5.75 Å². The summed E-state index contributed by atoms with van der Waals surface area (Å²) in [5.74, 6) is 0.681. The van der Waals surface area contributed by atoms with Gasteiger partial charge in [0.2, 0.25) is 5.75 Å². The summed E-state index contributed by atoms with van der Waals surface area (Å²) in [4.78, 5) is 15.1. The maximum Gasteiger partial charge on any atom is 0.313 e. The van der Waals surface area contributed by atoms with Crippen LogP contribution in [0.25, 0.3) is 10.9 Å². The monoisotopic (exact) mass is 258 g/mol. The first-order valence-corrected chi connectivity index (χ1v) is 6.23. The average Bonchev–Trinajstić information content (AvgIpc) is 3.20. The molecule has 2 aromatic rings. The molecule has 1 aromatic heterocycles. The van der Waals surface area contributed by atoms with Crippen LogP contribution in [0.2, 0.25) is 0 Å². The van der Waals surface area contributed by atoms with Crippen LogP contribution in [0.5, 0.6) is 5.75 Å². The van der Waals surface area contributed by atoms with Gasteiger partial charge in [0, 0.05) is 17.6 Å². The molecule has 1 aliphatic carbocycles. The number of fused-ring (bicyclic) bond motifs is 1. The molecule has 0 unspecified atom stereocenters. The van der Waals surface area contributed by atoms with Crippen molar-refractivity contribution in [2.75, 3.05) is 7.11 Å². The molecule has 0 radical (unpaired) electrons. The Kier molecular flexibility index (Phi) is 2.62. The molecule has 0 N–H and O–H groups in total. The number of aryl methyl sites for hydroxylation is 1. The van der Waals surface area contributed by atoms with E-state index in [1.807, 2.05) is 13.0 Å². The predicted molar refractivity (Wildman–Crippen MR) is 71.7 cm³/mol. The van der Waals surface area contributed by atoms with Gasteiger partial charge >= 0.3 is 5.69 Å².